The van der Waals surface area contributed by atoms with E-state index in [0.29, 0.717) is 6.54 Å². The summed E-state index contributed by atoms with van der Waals surface area (Å²) in [6, 6.07) is 8.90. The fourth-order valence-corrected chi connectivity index (χ4v) is 5.23. The Hall–Kier alpha value is -1.59. The molecule has 2 aliphatic rings. The summed E-state index contributed by atoms with van der Waals surface area (Å²) >= 11 is 0. The number of rotatable bonds is 6. The number of carbonyl (C=O) groups is 1. The molecule has 2 fully saturated rings. The van der Waals surface area contributed by atoms with Crippen molar-refractivity contribution in [2.45, 2.75) is 57.6 Å². The molecule has 1 aliphatic carbocycles. The van der Waals surface area contributed by atoms with Crippen molar-refractivity contribution in [2.75, 3.05) is 31.1 Å². The van der Waals surface area contributed by atoms with Crippen molar-refractivity contribution in [3.05, 3.63) is 29.8 Å². The first-order valence-corrected chi connectivity index (χ1v) is 10.2. The average molecular weight is 361 g/mol. The number of nitrogens with one attached hydrogen (secondary N) is 1. The lowest BCUT2D eigenvalue weighted by atomic mass is 9.66. The molecule has 4 atom stereocenters. The third kappa shape index (κ3) is 3.74. The molecule has 5 nitrogen and oxygen atoms in total. The van der Waals surface area contributed by atoms with Gasteiger partial charge in [0.1, 0.15) is 6.04 Å². The van der Waals surface area contributed by atoms with Crippen molar-refractivity contribution in [3.63, 3.8) is 0 Å². The third-order valence-electron chi connectivity index (χ3n) is 6.57. The van der Waals surface area contributed by atoms with E-state index in [-0.39, 0.29) is 17.9 Å². The molecule has 5 heteroatoms. The van der Waals surface area contributed by atoms with Gasteiger partial charge in [-0.05, 0) is 38.8 Å². The van der Waals surface area contributed by atoms with E-state index < -0.39 is 5.60 Å². The normalized spacial score (nSPS) is 31.3. The van der Waals surface area contributed by atoms with Crippen LogP contribution in [0.3, 0.4) is 0 Å². The maximum atomic E-state index is 11.6. The zero-order valence-corrected chi connectivity index (χ0v) is 16.2. The van der Waals surface area contributed by atoms with Gasteiger partial charge in [0.05, 0.1) is 12.1 Å². The monoisotopic (exact) mass is 360 g/mol. The first-order chi connectivity index (χ1) is 12.5. The predicted octanol–water partition coefficient (Wildman–Crippen LogP) is 1.27. The summed E-state index contributed by atoms with van der Waals surface area (Å²) < 4.78 is 0. The Kier molecular flexibility index (Phi) is 5.88. The summed E-state index contributed by atoms with van der Waals surface area (Å²) in [5.74, 6) is -0.0512. The lowest BCUT2D eigenvalue weighted by Crippen LogP contribution is -3.16. The number of quaternary nitrogens is 1. The Morgan fingerprint density at radius 1 is 1.23 bits per heavy atom. The molecular weight excluding hydrogens is 326 g/mol. The van der Waals surface area contributed by atoms with Crippen LogP contribution in [0, 0.1) is 5.92 Å². The van der Waals surface area contributed by atoms with Gasteiger partial charge < -0.3 is 20.6 Å². The van der Waals surface area contributed by atoms with Crippen LogP contribution in [0.25, 0.3) is 0 Å². The molecular formula is C21H34N3O2+. The number of amides is 1. The number of hydrogen-bond acceptors (Lipinski definition) is 3. The predicted molar refractivity (Wildman–Crippen MR) is 104 cm³/mol. The van der Waals surface area contributed by atoms with E-state index in [1.54, 1.807) is 0 Å². The van der Waals surface area contributed by atoms with Crippen LogP contribution < -0.4 is 15.5 Å². The van der Waals surface area contributed by atoms with Gasteiger partial charge in [-0.1, -0.05) is 25.0 Å². The summed E-state index contributed by atoms with van der Waals surface area (Å²) in [5.41, 5.74) is 7.40. The number of piperidine rings is 1. The Balaban J connectivity index is 1.91. The van der Waals surface area contributed by atoms with Gasteiger partial charge in [0.2, 0.25) is 0 Å². The molecule has 1 aromatic carbocycles. The number of fused-ring (bicyclic) bond motifs is 1. The molecule has 1 saturated carbocycles. The van der Waals surface area contributed by atoms with Gasteiger partial charge in [-0.15, -0.1) is 0 Å². The van der Waals surface area contributed by atoms with Gasteiger partial charge in [-0.3, -0.25) is 4.79 Å². The molecule has 0 bridgehead atoms. The molecule has 1 heterocycles. The van der Waals surface area contributed by atoms with Crippen LogP contribution in [-0.4, -0.2) is 42.8 Å². The highest BCUT2D eigenvalue weighted by Crippen LogP contribution is 2.44. The highest BCUT2D eigenvalue weighted by Gasteiger charge is 2.51. The van der Waals surface area contributed by atoms with Crippen molar-refractivity contribution in [1.82, 2.24) is 0 Å². The van der Waals surface area contributed by atoms with E-state index in [1.807, 2.05) is 0 Å². The van der Waals surface area contributed by atoms with E-state index >= 15 is 0 Å². The number of likely N-dealkylation sites (tertiary alicyclic amines) is 1. The van der Waals surface area contributed by atoms with Crippen molar-refractivity contribution in [3.8, 4) is 0 Å². The van der Waals surface area contributed by atoms with Gasteiger partial charge in [-0.2, -0.15) is 0 Å². The number of hydrogen-bond donors (Lipinski definition) is 3. The molecule has 1 aromatic rings. The van der Waals surface area contributed by atoms with E-state index in [1.165, 1.54) is 16.2 Å². The fourth-order valence-electron chi connectivity index (χ4n) is 5.23. The number of carbonyl (C=O) groups excluding carboxylic acids is 1. The average Bonchev–Trinajstić information content (AvgIpc) is 2.63. The Bertz CT molecular complexity index is 614. The quantitative estimate of drug-likeness (QED) is 0.715. The number of aliphatic hydroxyl groups is 1. The molecule has 1 aliphatic heterocycles. The van der Waals surface area contributed by atoms with Crippen LogP contribution in [0.1, 0.15) is 57.6 Å². The zero-order valence-electron chi connectivity index (χ0n) is 16.2. The minimum atomic E-state index is -0.582. The molecule has 4 N–H and O–H groups in total. The van der Waals surface area contributed by atoms with E-state index in [4.69, 9.17) is 5.73 Å². The molecule has 1 saturated heterocycles. The summed E-state index contributed by atoms with van der Waals surface area (Å²) in [6.45, 7) is 7.45. The topological polar surface area (TPSA) is 71.0 Å². The zero-order chi connectivity index (χ0) is 18.7. The smallest absolute Gasteiger partial charge is 0.272 e. The molecule has 0 aromatic heterocycles. The summed E-state index contributed by atoms with van der Waals surface area (Å²) in [5, 5.41) is 11.3. The van der Waals surface area contributed by atoms with E-state index in [2.05, 4.69) is 43.0 Å². The minimum absolute atomic E-state index is 0.146. The van der Waals surface area contributed by atoms with Crippen molar-refractivity contribution < 1.29 is 14.8 Å². The standard InChI is InChI=1S/C21H33N3O2/c1-3-23(4-2)17-10-8-16(9-11-17)20-18-7-5-6-12-21(18,26)13-14-24(20)15-19(22)25/h8-11,18,20,26H,3-7,12-15H2,1-2H3,(H2,22,25)/p+1/t18-,20-,21-/m0/s1. The van der Waals surface area contributed by atoms with Crippen molar-refractivity contribution in [1.29, 1.82) is 0 Å². The van der Waals surface area contributed by atoms with Crippen LogP contribution in [0.4, 0.5) is 5.69 Å². The lowest BCUT2D eigenvalue weighted by molar-refractivity contribution is -0.937. The number of anilines is 1. The number of benzene rings is 1. The first-order valence-electron chi connectivity index (χ1n) is 10.2. The highest BCUT2D eigenvalue weighted by molar-refractivity contribution is 5.74. The van der Waals surface area contributed by atoms with Crippen LogP contribution >= 0.6 is 0 Å². The fraction of sp³-hybridized carbons (Fsp3) is 0.667. The van der Waals surface area contributed by atoms with Crippen LogP contribution in [0.5, 0.6) is 0 Å². The number of primary amides is 1. The largest absolute Gasteiger partial charge is 0.389 e. The van der Waals surface area contributed by atoms with Crippen LogP contribution in [0.2, 0.25) is 0 Å². The summed E-state index contributed by atoms with van der Waals surface area (Å²) in [6.07, 6.45) is 4.95. The van der Waals surface area contributed by atoms with E-state index in [9.17, 15) is 9.90 Å². The highest BCUT2D eigenvalue weighted by atomic mass is 16.3. The lowest BCUT2D eigenvalue weighted by Gasteiger charge is -2.50. The maximum absolute atomic E-state index is 11.6. The number of nitrogens with two attached hydrogens (primary N) is 1. The number of nitrogens with zero attached hydrogens (tertiary/aromatic N) is 1. The second kappa shape index (κ2) is 7.97. The summed E-state index contributed by atoms with van der Waals surface area (Å²) in [4.78, 5) is 15.2. The van der Waals surface area contributed by atoms with Gasteiger partial charge in [0.25, 0.3) is 5.91 Å². The second-order valence-corrected chi connectivity index (χ2v) is 8.00. The van der Waals surface area contributed by atoms with E-state index in [0.717, 1.165) is 51.7 Å². The Labute approximate surface area is 157 Å². The molecule has 26 heavy (non-hydrogen) atoms. The molecule has 1 unspecified atom stereocenters. The Morgan fingerprint density at radius 3 is 2.54 bits per heavy atom. The van der Waals surface area contributed by atoms with Crippen molar-refractivity contribution >= 4 is 11.6 Å². The molecule has 144 valence electrons. The first kappa shape index (κ1) is 19.2. The third-order valence-corrected chi connectivity index (χ3v) is 6.57. The van der Waals surface area contributed by atoms with Gasteiger partial charge in [0.15, 0.2) is 6.54 Å². The van der Waals surface area contributed by atoms with Gasteiger partial charge >= 0.3 is 0 Å². The molecule has 0 radical (unpaired) electrons. The SMILES string of the molecule is CCN(CC)c1ccc([C@H]2[C@@H]3CCCC[C@]3(O)CC[NH+]2CC(N)=O)cc1. The molecule has 3 rings (SSSR count). The van der Waals surface area contributed by atoms with Crippen LogP contribution in [0.15, 0.2) is 24.3 Å². The minimum Gasteiger partial charge on any atom is -0.389 e. The summed E-state index contributed by atoms with van der Waals surface area (Å²) in [7, 11) is 0. The van der Waals surface area contributed by atoms with Gasteiger partial charge in [0, 0.05) is 36.7 Å². The molecule has 0 spiro atoms. The second-order valence-electron chi connectivity index (χ2n) is 8.00. The van der Waals surface area contributed by atoms with Crippen molar-refractivity contribution in [2.24, 2.45) is 11.7 Å². The molecule has 1 amide bonds. The van der Waals surface area contributed by atoms with Crippen LogP contribution in [-0.2, 0) is 4.79 Å². The maximum Gasteiger partial charge on any atom is 0.272 e. The Morgan fingerprint density at radius 2 is 1.92 bits per heavy atom. The van der Waals surface area contributed by atoms with Gasteiger partial charge in [-0.25, -0.2) is 0 Å².